The second kappa shape index (κ2) is 6.04. The zero-order valence-corrected chi connectivity index (χ0v) is 13.2. The van der Waals surface area contributed by atoms with Crippen molar-refractivity contribution in [2.75, 3.05) is 12.4 Å². The van der Waals surface area contributed by atoms with Crippen LogP contribution in [0.3, 0.4) is 0 Å². The van der Waals surface area contributed by atoms with Gasteiger partial charge >= 0.3 is 0 Å². The molecular formula is C19H16N4O. The van der Waals surface area contributed by atoms with Gasteiger partial charge in [-0.2, -0.15) is 0 Å². The third kappa shape index (κ3) is 2.67. The smallest absolute Gasteiger partial charge is 0.140 e. The summed E-state index contributed by atoms with van der Waals surface area (Å²) < 4.78 is 7.10. The average Bonchev–Trinajstić information content (AvgIpc) is 3.17. The topological polar surface area (TPSA) is 52.0 Å². The molecule has 0 spiro atoms. The molecule has 4 rings (SSSR count). The predicted molar refractivity (Wildman–Crippen MR) is 95.1 cm³/mol. The Morgan fingerprint density at radius 3 is 2.62 bits per heavy atom. The lowest BCUT2D eigenvalue weighted by atomic mass is 10.1. The maximum absolute atomic E-state index is 5.21. The minimum absolute atomic E-state index is 0.821. The lowest BCUT2D eigenvalue weighted by Gasteiger charge is -2.12. The molecule has 5 heteroatoms. The number of rotatable bonds is 4. The maximum Gasteiger partial charge on any atom is 0.140 e. The molecule has 0 saturated heterocycles. The van der Waals surface area contributed by atoms with Crippen LogP contribution < -0.4 is 10.1 Å². The van der Waals surface area contributed by atoms with Crippen LogP contribution in [0.5, 0.6) is 5.75 Å². The van der Waals surface area contributed by atoms with Crippen LogP contribution in [-0.4, -0.2) is 21.6 Å². The molecule has 0 saturated carbocycles. The summed E-state index contributed by atoms with van der Waals surface area (Å²) in [6.07, 6.45) is 5.37. The summed E-state index contributed by atoms with van der Waals surface area (Å²) in [7, 11) is 1.66. The summed E-state index contributed by atoms with van der Waals surface area (Å²) in [5.74, 6) is 1.65. The maximum atomic E-state index is 5.21. The highest BCUT2D eigenvalue weighted by Gasteiger charge is 2.07. The fourth-order valence-corrected chi connectivity index (χ4v) is 2.62. The Balaban J connectivity index is 1.80. The Kier molecular flexibility index (Phi) is 3.59. The third-order valence-corrected chi connectivity index (χ3v) is 3.84. The monoisotopic (exact) mass is 316 g/mol. The molecule has 0 bridgehead atoms. The number of aromatic nitrogens is 3. The number of hydrogen-bond donors (Lipinski definition) is 1. The van der Waals surface area contributed by atoms with Crippen LogP contribution in [0.25, 0.3) is 16.7 Å². The second-order valence-corrected chi connectivity index (χ2v) is 5.37. The van der Waals surface area contributed by atoms with Gasteiger partial charge in [0, 0.05) is 29.5 Å². The van der Waals surface area contributed by atoms with Crippen molar-refractivity contribution in [3.05, 3.63) is 73.3 Å². The lowest BCUT2D eigenvalue weighted by molar-refractivity contribution is 0.415. The number of nitrogens with zero attached hydrogens (tertiary/aromatic N) is 3. The molecule has 4 aromatic rings. The fraction of sp³-hybridized carbons (Fsp3) is 0.0526. The number of hydrogen-bond acceptors (Lipinski definition) is 4. The van der Waals surface area contributed by atoms with Gasteiger partial charge in [-0.1, -0.05) is 18.2 Å². The lowest BCUT2D eigenvalue weighted by Crippen LogP contribution is -1.99. The van der Waals surface area contributed by atoms with Crippen LogP contribution >= 0.6 is 0 Å². The van der Waals surface area contributed by atoms with Crippen LogP contribution in [0.4, 0.5) is 11.4 Å². The molecule has 0 aliphatic rings. The molecule has 0 amide bonds. The average molecular weight is 316 g/mol. The Morgan fingerprint density at radius 1 is 1.04 bits per heavy atom. The van der Waals surface area contributed by atoms with Crippen molar-refractivity contribution in [1.29, 1.82) is 0 Å². The largest absolute Gasteiger partial charge is 0.497 e. The number of anilines is 2. The van der Waals surface area contributed by atoms with Crippen molar-refractivity contribution in [1.82, 2.24) is 14.5 Å². The number of methoxy groups -OCH3 is 1. The molecule has 2 aromatic heterocycles. The number of imidazole rings is 1. The first-order chi connectivity index (χ1) is 11.8. The van der Waals surface area contributed by atoms with Crippen molar-refractivity contribution >= 4 is 22.3 Å². The van der Waals surface area contributed by atoms with Gasteiger partial charge in [0.05, 0.1) is 18.3 Å². The molecule has 0 atom stereocenters. The van der Waals surface area contributed by atoms with Gasteiger partial charge in [0.25, 0.3) is 0 Å². The molecule has 0 fully saturated rings. The number of nitrogens with one attached hydrogen (secondary N) is 1. The molecule has 118 valence electrons. The van der Waals surface area contributed by atoms with E-state index in [-0.39, 0.29) is 0 Å². The van der Waals surface area contributed by atoms with E-state index < -0.39 is 0 Å². The highest BCUT2D eigenvalue weighted by Crippen LogP contribution is 2.28. The van der Waals surface area contributed by atoms with Crippen LogP contribution in [0.2, 0.25) is 0 Å². The van der Waals surface area contributed by atoms with Gasteiger partial charge in [0.2, 0.25) is 0 Å². The number of fused-ring (bicyclic) bond motifs is 1. The number of benzene rings is 2. The standard InChI is InChI=1S/C19H16N4O/c1-24-15-8-6-14(7-9-15)21-18-12-19(23-11-10-20-13-23)22-17-5-3-2-4-16(17)18/h2-13H,1H3,(H,21,22). The zero-order valence-electron chi connectivity index (χ0n) is 13.2. The highest BCUT2D eigenvalue weighted by atomic mass is 16.5. The zero-order chi connectivity index (χ0) is 16.4. The number of pyridine rings is 1. The van der Waals surface area contributed by atoms with Crippen LogP contribution in [0.1, 0.15) is 0 Å². The van der Waals surface area contributed by atoms with E-state index in [1.165, 1.54) is 0 Å². The van der Waals surface area contributed by atoms with E-state index in [1.54, 1.807) is 19.6 Å². The third-order valence-electron chi connectivity index (χ3n) is 3.84. The van der Waals surface area contributed by atoms with Crippen LogP contribution in [0.15, 0.2) is 73.3 Å². The summed E-state index contributed by atoms with van der Waals surface area (Å²) in [4.78, 5) is 8.81. The van der Waals surface area contributed by atoms with Gasteiger partial charge in [-0.15, -0.1) is 0 Å². The fourth-order valence-electron chi connectivity index (χ4n) is 2.62. The minimum Gasteiger partial charge on any atom is -0.497 e. The van der Waals surface area contributed by atoms with E-state index in [2.05, 4.69) is 16.4 Å². The van der Waals surface area contributed by atoms with Crippen LogP contribution in [-0.2, 0) is 0 Å². The van der Waals surface area contributed by atoms with Gasteiger partial charge < -0.3 is 10.1 Å². The van der Waals surface area contributed by atoms with E-state index >= 15 is 0 Å². The van der Waals surface area contributed by atoms with Crippen molar-refractivity contribution in [2.45, 2.75) is 0 Å². The molecule has 2 heterocycles. The van der Waals surface area contributed by atoms with Crippen molar-refractivity contribution < 1.29 is 4.74 Å². The first-order valence-corrected chi connectivity index (χ1v) is 7.63. The summed E-state index contributed by atoms with van der Waals surface area (Å²) in [5, 5.41) is 4.54. The Morgan fingerprint density at radius 2 is 1.88 bits per heavy atom. The number of ether oxygens (including phenoxy) is 1. The van der Waals surface area contributed by atoms with Gasteiger partial charge in [-0.25, -0.2) is 9.97 Å². The molecule has 0 aliphatic carbocycles. The van der Waals surface area contributed by atoms with Crippen molar-refractivity contribution in [3.8, 4) is 11.6 Å². The van der Waals surface area contributed by atoms with Crippen LogP contribution in [0, 0.1) is 0 Å². The molecule has 0 aliphatic heterocycles. The Hall–Kier alpha value is -3.34. The number of para-hydroxylation sites is 1. The van der Waals surface area contributed by atoms with E-state index in [0.29, 0.717) is 0 Å². The quantitative estimate of drug-likeness (QED) is 0.614. The molecule has 0 unspecified atom stereocenters. The summed E-state index contributed by atoms with van der Waals surface area (Å²) in [6, 6.07) is 17.9. The van der Waals surface area contributed by atoms with E-state index in [9.17, 15) is 0 Å². The molecular weight excluding hydrogens is 300 g/mol. The van der Waals surface area contributed by atoms with Crippen molar-refractivity contribution in [2.24, 2.45) is 0 Å². The first kappa shape index (κ1) is 14.3. The van der Waals surface area contributed by atoms with Gasteiger partial charge in [0.1, 0.15) is 17.9 Å². The summed E-state index contributed by atoms with van der Waals surface area (Å²) in [6.45, 7) is 0. The molecule has 2 aromatic carbocycles. The molecule has 1 N–H and O–H groups in total. The molecule has 24 heavy (non-hydrogen) atoms. The highest BCUT2D eigenvalue weighted by molar-refractivity contribution is 5.94. The van der Waals surface area contributed by atoms with Gasteiger partial charge in [-0.3, -0.25) is 4.57 Å². The normalized spacial score (nSPS) is 10.7. The molecule has 5 nitrogen and oxygen atoms in total. The van der Waals surface area contributed by atoms with E-state index in [4.69, 9.17) is 9.72 Å². The first-order valence-electron chi connectivity index (χ1n) is 7.63. The second-order valence-electron chi connectivity index (χ2n) is 5.37. The van der Waals surface area contributed by atoms with Crippen molar-refractivity contribution in [3.63, 3.8) is 0 Å². The predicted octanol–water partition coefficient (Wildman–Crippen LogP) is 4.17. The van der Waals surface area contributed by atoms with E-state index in [1.807, 2.05) is 59.3 Å². The van der Waals surface area contributed by atoms with Gasteiger partial charge in [-0.05, 0) is 30.3 Å². The van der Waals surface area contributed by atoms with E-state index in [0.717, 1.165) is 33.8 Å². The molecule has 0 radical (unpaired) electrons. The SMILES string of the molecule is COc1ccc(Nc2cc(-n3ccnc3)nc3ccccc23)cc1. The Labute approximate surface area is 139 Å². The summed E-state index contributed by atoms with van der Waals surface area (Å²) >= 11 is 0. The summed E-state index contributed by atoms with van der Waals surface area (Å²) in [5.41, 5.74) is 2.91. The minimum atomic E-state index is 0.821. The Bertz CT molecular complexity index is 963. The van der Waals surface area contributed by atoms with Gasteiger partial charge in [0.15, 0.2) is 0 Å².